The van der Waals surface area contributed by atoms with Gasteiger partial charge in [-0.2, -0.15) is 0 Å². The van der Waals surface area contributed by atoms with Crippen molar-refractivity contribution >= 4 is 5.91 Å². The first-order valence-corrected chi connectivity index (χ1v) is 6.07. The molecule has 0 radical (unpaired) electrons. The Hall–Kier alpha value is -0.570. The van der Waals surface area contributed by atoms with Gasteiger partial charge in [-0.3, -0.25) is 4.79 Å². The van der Waals surface area contributed by atoms with Crippen molar-refractivity contribution in [3.8, 4) is 0 Å². The van der Waals surface area contributed by atoms with Crippen LogP contribution in [0.25, 0.3) is 0 Å². The molecular formula is C12H21NO2. The third-order valence-corrected chi connectivity index (χ3v) is 3.60. The molecule has 2 fully saturated rings. The molecule has 2 rings (SSSR count). The number of aliphatic hydroxyl groups is 1. The minimum absolute atomic E-state index is 0.244. The lowest BCUT2D eigenvalue weighted by Gasteiger charge is -2.44. The van der Waals surface area contributed by atoms with Crippen molar-refractivity contribution in [2.45, 2.75) is 51.0 Å². The summed E-state index contributed by atoms with van der Waals surface area (Å²) in [7, 11) is 0. The zero-order valence-electron chi connectivity index (χ0n) is 9.54. The standard InChI is InChI=1S/C12H21NO2/c1-12(15)8-13(9-12)11(14)7-10-5-3-2-4-6-10/h10,15H,2-9H2,1H3. The van der Waals surface area contributed by atoms with E-state index in [4.69, 9.17) is 0 Å². The van der Waals surface area contributed by atoms with Crippen LogP contribution in [0.2, 0.25) is 0 Å². The Balaban J connectivity index is 1.73. The highest BCUT2D eigenvalue weighted by atomic mass is 16.3. The van der Waals surface area contributed by atoms with Crippen molar-refractivity contribution in [3.63, 3.8) is 0 Å². The van der Waals surface area contributed by atoms with E-state index in [1.54, 1.807) is 11.8 Å². The average Bonchev–Trinajstić information content (AvgIpc) is 2.15. The fourth-order valence-corrected chi connectivity index (χ4v) is 2.72. The summed E-state index contributed by atoms with van der Waals surface area (Å²) < 4.78 is 0. The van der Waals surface area contributed by atoms with E-state index >= 15 is 0 Å². The lowest BCUT2D eigenvalue weighted by atomic mass is 9.86. The van der Waals surface area contributed by atoms with Crippen molar-refractivity contribution in [2.75, 3.05) is 13.1 Å². The Bertz CT molecular complexity index is 236. The second-order valence-corrected chi connectivity index (χ2v) is 5.45. The quantitative estimate of drug-likeness (QED) is 0.753. The van der Waals surface area contributed by atoms with Crippen LogP contribution in [0.4, 0.5) is 0 Å². The summed E-state index contributed by atoms with van der Waals surface area (Å²) in [5.74, 6) is 0.852. The minimum atomic E-state index is -0.623. The fraction of sp³-hybridized carbons (Fsp3) is 0.917. The van der Waals surface area contributed by atoms with Gasteiger partial charge in [0, 0.05) is 6.42 Å². The van der Waals surface area contributed by atoms with Crippen LogP contribution >= 0.6 is 0 Å². The van der Waals surface area contributed by atoms with E-state index < -0.39 is 5.60 Å². The highest BCUT2D eigenvalue weighted by Crippen LogP contribution is 2.28. The number of likely N-dealkylation sites (tertiary alicyclic amines) is 1. The summed E-state index contributed by atoms with van der Waals surface area (Å²) in [6, 6.07) is 0. The van der Waals surface area contributed by atoms with E-state index in [1.807, 2.05) is 0 Å². The SMILES string of the molecule is CC1(O)CN(C(=O)CC2CCCCC2)C1. The molecule has 1 amide bonds. The molecule has 1 heterocycles. The Morgan fingerprint density at radius 2 is 1.93 bits per heavy atom. The Morgan fingerprint density at radius 1 is 1.33 bits per heavy atom. The third kappa shape index (κ3) is 2.71. The first kappa shape index (κ1) is 10.9. The van der Waals surface area contributed by atoms with Crippen molar-refractivity contribution in [2.24, 2.45) is 5.92 Å². The van der Waals surface area contributed by atoms with Gasteiger partial charge in [0.05, 0.1) is 18.7 Å². The molecule has 0 aromatic carbocycles. The van der Waals surface area contributed by atoms with Crippen LogP contribution < -0.4 is 0 Å². The molecule has 0 spiro atoms. The predicted octanol–water partition coefficient (Wildman–Crippen LogP) is 1.55. The molecule has 1 aliphatic carbocycles. The van der Waals surface area contributed by atoms with Crippen LogP contribution in [0.3, 0.4) is 0 Å². The Labute approximate surface area is 91.5 Å². The number of hydrogen-bond acceptors (Lipinski definition) is 2. The van der Waals surface area contributed by atoms with Crippen molar-refractivity contribution < 1.29 is 9.90 Å². The van der Waals surface area contributed by atoms with Gasteiger partial charge < -0.3 is 10.0 Å². The number of nitrogens with zero attached hydrogens (tertiary/aromatic N) is 1. The summed E-state index contributed by atoms with van der Waals surface area (Å²) in [6.45, 7) is 2.84. The lowest BCUT2D eigenvalue weighted by molar-refractivity contribution is -0.153. The molecule has 15 heavy (non-hydrogen) atoms. The van der Waals surface area contributed by atoms with Crippen LogP contribution in [0.5, 0.6) is 0 Å². The largest absolute Gasteiger partial charge is 0.386 e. The molecule has 1 saturated carbocycles. The van der Waals surface area contributed by atoms with Crippen LogP contribution in [0.1, 0.15) is 45.4 Å². The van der Waals surface area contributed by atoms with E-state index in [-0.39, 0.29) is 5.91 Å². The molecule has 3 heteroatoms. The molecular weight excluding hydrogens is 190 g/mol. The number of amides is 1. The molecule has 0 atom stereocenters. The molecule has 3 nitrogen and oxygen atoms in total. The number of carbonyl (C=O) groups is 1. The van der Waals surface area contributed by atoms with Gasteiger partial charge in [0.15, 0.2) is 0 Å². The molecule has 0 aromatic rings. The van der Waals surface area contributed by atoms with Gasteiger partial charge in [-0.15, -0.1) is 0 Å². The average molecular weight is 211 g/mol. The molecule has 2 aliphatic rings. The van der Waals surface area contributed by atoms with Crippen LogP contribution in [-0.4, -0.2) is 34.6 Å². The van der Waals surface area contributed by atoms with E-state index in [0.29, 0.717) is 25.4 Å². The van der Waals surface area contributed by atoms with Crippen LogP contribution in [-0.2, 0) is 4.79 Å². The number of hydrogen-bond donors (Lipinski definition) is 1. The fourth-order valence-electron chi connectivity index (χ4n) is 2.72. The highest BCUT2D eigenvalue weighted by molar-refractivity contribution is 5.77. The Morgan fingerprint density at radius 3 is 2.47 bits per heavy atom. The predicted molar refractivity (Wildman–Crippen MR) is 58.4 cm³/mol. The molecule has 0 unspecified atom stereocenters. The van der Waals surface area contributed by atoms with E-state index in [0.717, 1.165) is 0 Å². The second-order valence-electron chi connectivity index (χ2n) is 5.45. The zero-order chi connectivity index (χ0) is 10.9. The summed E-state index contributed by atoms with van der Waals surface area (Å²) >= 11 is 0. The molecule has 0 bridgehead atoms. The molecule has 1 aliphatic heterocycles. The van der Waals surface area contributed by atoms with Crippen LogP contribution in [0, 0.1) is 5.92 Å². The lowest BCUT2D eigenvalue weighted by Crippen LogP contribution is -2.61. The number of rotatable bonds is 2. The van der Waals surface area contributed by atoms with Crippen molar-refractivity contribution in [1.82, 2.24) is 4.90 Å². The molecule has 86 valence electrons. The molecule has 1 N–H and O–H groups in total. The number of carbonyl (C=O) groups excluding carboxylic acids is 1. The van der Waals surface area contributed by atoms with Crippen molar-refractivity contribution in [1.29, 1.82) is 0 Å². The van der Waals surface area contributed by atoms with Gasteiger partial charge in [0.1, 0.15) is 0 Å². The van der Waals surface area contributed by atoms with Gasteiger partial charge in [-0.05, 0) is 25.7 Å². The maximum absolute atomic E-state index is 11.8. The summed E-state index contributed by atoms with van der Waals surface area (Å²) in [6.07, 6.45) is 7.05. The minimum Gasteiger partial charge on any atom is -0.386 e. The second kappa shape index (κ2) is 4.12. The maximum atomic E-state index is 11.8. The zero-order valence-corrected chi connectivity index (χ0v) is 9.54. The van der Waals surface area contributed by atoms with Gasteiger partial charge in [-0.25, -0.2) is 0 Å². The topological polar surface area (TPSA) is 40.5 Å². The Kier molecular flexibility index (Phi) is 3.01. The van der Waals surface area contributed by atoms with Gasteiger partial charge >= 0.3 is 0 Å². The molecule has 1 saturated heterocycles. The first-order valence-electron chi connectivity index (χ1n) is 6.07. The van der Waals surface area contributed by atoms with Crippen LogP contribution in [0.15, 0.2) is 0 Å². The monoisotopic (exact) mass is 211 g/mol. The van der Waals surface area contributed by atoms with E-state index in [1.165, 1.54) is 32.1 Å². The summed E-state index contributed by atoms with van der Waals surface area (Å²) in [5, 5.41) is 9.54. The third-order valence-electron chi connectivity index (χ3n) is 3.60. The van der Waals surface area contributed by atoms with E-state index in [2.05, 4.69) is 0 Å². The highest BCUT2D eigenvalue weighted by Gasteiger charge is 2.39. The smallest absolute Gasteiger partial charge is 0.223 e. The van der Waals surface area contributed by atoms with Gasteiger partial charge in [-0.1, -0.05) is 19.3 Å². The van der Waals surface area contributed by atoms with Crippen molar-refractivity contribution in [3.05, 3.63) is 0 Å². The number of β-amino-alcohol motifs (C(OH)–C–C–N with tert-alkyl or cyclic N) is 1. The normalized spacial score (nSPS) is 26.1. The van der Waals surface area contributed by atoms with E-state index in [9.17, 15) is 9.90 Å². The van der Waals surface area contributed by atoms with Gasteiger partial charge in [0.25, 0.3) is 0 Å². The summed E-state index contributed by atoms with van der Waals surface area (Å²) in [4.78, 5) is 13.6. The summed E-state index contributed by atoms with van der Waals surface area (Å²) in [5.41, 5.74) is -0.623. The maximum Gasteiger partial charge on any atom is 0.223 e. The first-order chi connectivity index (χ1) is 7.07. The molecule has 0 aromatic heterocycles. The van der Waals surface area contributed by atoms with Gasteiger partial charge in [0.2, 0.25) is 5.91 Å².